The van der Waals surface area contributed by atoms with E-state index in [4.69, 9.17) is 15.9 Å². The summed E-state index contributed by atoms with van der Waals surface area (Å²) in [6, 6.07) is 11.5. The number of methoxy groups -OCH3 is 1. The third-order valence-electron chi connectivity index (χ3n) is 3.63. The Bertz CT molecular complexity index is 1070. The van der Waals surface area contributed by atoms with Gasteiger partial charge in [-0.25, -0.2) is 9.37 Å². The number of benzene rings is 2. The number of imidazole rings is 1. The Kier molecular flexibility index (Phi) is 4.87. The van der Waals surface area contributed by atoms with Crippen molar-refractivity contribution in [3.63, 3.8) is 0 Å². The van der Waals surface area contributed by atoms with E-state index < -0.39 is 0 Å². The van der Waals surface area contributed by atoms with Crippen LogP contribution in [0.2, 0.25) is 0 Å². The van der Waals surface area contributed by atoms with Gasteiger partial charge in [-0.2, -0.15) is 5.26 Å². The van der Waals surface area contributed by atoms with Crippen molar-refractivity contribution < 1.29 is 13.9 Å². The Labute approximate surface area is 149 Å². The van der Waals surface area contributed by atoms with Gasteiger partial charge in [0.1, 0.15) is 24.3 Å². The largest absolute Gasteiger partial charge is 0.493 e. The van der Waals surface area contributed by atoms with Gasteiger partial charge in [-0.15, -0.1) is 6.42 Å². The van der Waals surface area contributed by atoms with Gasteiger partial charge < -0.3 is 14.5 Å². The molecule has 0 saturated heterocycles. The first kappa shape index (κ1) is 17.1. The highest BCUT2D eigenvalue weighted by Crippen LogP contribution is 2.29. The molecule has 0 aliphatic rings. The monoisotopic (exact) mass is 347 g/mol. The van der Waals surface area contributed by atoms with Crippen molar-refractivity contribution in [2.45, 2.75) is 0 Å². The van der Waals surface area contributed by atoms with Crippen molar-refractivity contribution in [1.82, 2.24) is 9.97 Å². The molecule has 0 radical (unpaired) electrons. The molecule has 1 N–H and O–H groups in total. The SMILES string of the molecule is C#CCOc1ccc(/C=C(/C#N)c2nc3ccc(F)cc3[nH]2)cc1OC. The molecule has 0 amide bonds. The van der Waals surface area contributed by atoms with Crippen LogP contribution in [-0.2, 0) is 0 Å². The minimum atomic E-state index is -0.373. The summed E-state index contributed by atoms with van der Waals surface area (Å²) in [5.74, 6) is 3.39. The molecule has 0 unspecified atom stereocenters. The minimum absolute atomic E-state index is 0.129. The number of allylic oxidation sites excluding steroid dienone is 1. The van der Waals surface area contributed by atoms with Crippen LogP contribution in [0.4, 0.5) is 4.39 Å². The van der Waals surface area contributed by atoms with Crippen molar-refractivity contribution in [1.29, 1.82) is 5.26 Å². The summed E-state index contributed by atoms with van der Waals surface area (Å²) in [4.78, 5) is 7.29. The number of halogens is 1. The van der Waals surface area contributed by atoms with Gasteiger partial charge >= 0.3 is 0 Å². The molecule has 0 aliphatic carbocycles. The predicted molar refractivity (Wildman–Crippen MR) is 96.9 cm³/mol. The van der Waals surface area contributed by atoms with E-state index in [1.54, 1.807) is 30.3 Å². The van der Waals surface area contributed by atoms with Crippen molar-refractivity contribution in [3.05, 3.63) is 53.6 Å². The number of aromatic amines is 1. The van der Waals surface area contributed by atoms with Crippen LogP contribution >= 0.6 is 0 Å². The van der Waals surface area contributed by atoms with Gasteiger partial charge in [-0.05, 0) is 42.0 Å². The number of nitriles is 1. The average Bonchev–Trinajstić information content (AvgIpc) is 3.07. The third kappa shape index (κ3) is 3.50. The highest BCUT2D eigenvalue weighted by atomic mass is 19.1. The van der Waals surface area contributed by atoms with Gasteiger partial charge in [-0.3, -0.25) is 0 Å². The maximum atomic E-state index is 13.3. The standard InChI is InChI=1S/C20H14FN3O2/c1-3-8-26-18-7-4-13(10-19(18)25-2)9-14(12-22)20-23-16-6-5-15(21)11-17(16)24-20/h1,4-7,9-11H,8H2,2H3,(H,23,24)/b14-9-. The number of terminal acetylenes is 1. The number of hydrogen-bond acceptors (Lipinski definition) is 4. The van der Waals surface area contributed by atoms with E-state index in [2.05, 4.69) is 22.0 Å². The Morgan fingerprint density at radius 1 is 1.31 bits per heavy atom. The number of hydrogen-bond donors (Lipinski definition) is 1. The molecule has 3 aromatic rings. The second kappa shape index (κ2) is 7.42. The van der Waals surface area contributed by atoms with E-state index in [0.717, 1.165) is 5.56 Å². The predicted octanol–water partition coefficient (Wildman–Crippen LogP) is 3.79. The van der Waals surface area contributed by atoms with Crippen LogP contribution < -0.4 is 9.47 Å². The zero-order valence-electron chi connectivity index (χ0n) is 13.9. The molecule has 0 fully saturated rings. The van der Waals surface area contributed by atoms with Gasteiger partial charge in [0.05, 0.1) is 23.7 Å². The summed E-state index contributed by atoms with van der Waals surface area (Å²) >= 11 is 0. The summed E-state index contributed by atoms with van der Waals surface area (Å²) in [6.45, 7) is 0.129. The zero-order valence-corrected chi connectivity index (χ0v) is 13.9. The van der Waals surface area contributed by atoms with Gasteiger partial charge in [0.25, 0.3) is 0 Å². The molecule has 6 heteroatoms. The van der Waals surface area contributed by atoms with Gasteiger partial charge in [0.2, 0.25) is 0 Å². The summed E-state index contributed by atoms with van der Waals surface area (Å²) < 4.78 is 24.0. The first-order chi connectivity index (χ1) is 12.6. The Hall–Kier alpha value is -3.77. The molecule has 0 spiro atoms. The van der Waals surface area contributed by atoms with Crippen molar-refractivity contribution in [3.8, 4) is 29.9 Å². The quantitative estimate of drug-likeness (QED) is 0.563. The van der Waals surface area contributed by atoms with Crippen LogP contribution in [-0.4, -0.2) is 23.7 Å². The molecular weight excluding hydrogens is 333 g/mol. The number of fused-ring (bicyclic) bond motifs is 1. The number of nitrogens with zero attached hydrogens (tertiary/aromatic N) is 2. The van der Waals surface area contributed by atoms with Crippen LogP contribution in [0.25, 0.3) is 22.7 Å². The lowest BCUT2D eigenvalue weighted by atomic mass is 10.1. The average molecular weight is 347 g/mol. The van der Waals surface area contributed by atoms with Gasteiger partial charge in [-0.1, -0.05) is 12.0 Å². The van der Waals surface area contributed by atoms with E-state index in [9.17, 15) is 9.65 Å². The maximum absolute atomic E-state index is 13.3. The van der Waals surface area contributed by atoms with E-state index in [0.29, 0.717) is 33.9 Å². The second-order valence-electron chi connectivity index (χ2n) is 5.32. The lowest BCUT2D eigenvalue weighted by Gasteiger charge is -2.09. The van der Waals surface area contributed by atoms with Crippen LogP contribution in [0.15, 0.2) is 36.4 Å². The summed E-state index contributed by atoms with van der Waals surface area (Å²) in [5.41, 5.74) is 2.13. The zero-order chi connectivity index (χ0) is 18.5. The second-order valence-corrected chi connectivity index (χ2v) is 5.32. The molecule has 0 bridgehead atoms. The van der Waals surface area contributed by atoms with Crippen LogP contribution in [0.1, 0.15) is 11.4 Å². The number of H-pyrrole nitrogens is 1. The highest BCUT2D eigenvalue weighted by Gasteiger charge is 2.10. The van der Waals surface area contributed by atoms with Gasteiger partial charge in [0, 0.05) is 0 Å². The molecule has 1 heterocycles. The van der Waals surface area contributed by atoms with Crippen LogP contribution in [0, 0.1) is 29.5 Å². The normalized spacial score (nSPS) is 11.0. The van der Waals surface area contributed by atoms with E-state index in [1.807, 2.05) is 0 Å². The molecule has 0 saturated carbocycles. The van der Waals surface area contributed by atoms with E-state index >= 15 is 0 Å². The first-order valence-electron chi connectivity index (χ1n) is 7.66. The Balaban J connectivity index is 1.98. The molecule has 0 aliphatic heterocycles. The number of aromatic nitrogens is 2. The molecule has 26 heavy (non-hydrogen) atoms. The fourth-order valence-corrected chi connectivity index (χ4v) is 2.44. The maximum Gasteiger partial charge on any atom is 0.162 e. The number of rotatable bonds is 5. The number of ether oxygens (including phenoxy) is 2. The van der Waals surface area contributed by atoms with Crippen molar-refractivity contribution in [2.24, 2.45) is 0 Å². The lowest BCUT2D eigenvalue weighted by molar-refractivity contribution is 0.331. The fraction of sp³-hybridized carbons (Fsp3) is 0.100. The smallest absolute Gasteiger partial charge is 0.162 e. The first-order valence-corrected chi connectivity index (χ1v) is 7.66. The van der Waals surface area contributed by atoms with Crippen molar-refractivity contribution >= 4 is 22.7 Å². The fourth-order valence-electron chi connectivity index (χ4n) is 2.44. The summed E-state index contributed by atoms with van der Waals surface area (Å²) in [6.07, 6.45) is 6.85. The highest BCUT2D eigenvalue weighted by molar-refractivity contribution is 5.90. The molecule has 3 rings (SSSR count). The molecule has 0 atom stereocenters. The lowest BCUT2D eigenvalue weighted by Crippen LogP contribution is -1.97. The number of nitrogens with one attached hydrogen (secondary N) is 1. The van der Waals surface area contributed by atoms with Crippen molar-refractivity contribution in [2.75, 3.05) is 13.7 Å². The third-order valence-corrected chi connectivity index (χ3v) is 3.63. The molecule has 1 aromatic heterocycles. The topological polar surface area (TPSA) is 70.9 Å². The molecule has 5 nitrogen and oxygen atoms in total. The Morgan fingerprint density at radius 2 is 2.15 bits per heavy atom. The van der Waals surface area contributed by atoms with Crippen LogP contribution in [0.3, 0.4) is 0 Å². The Morgan fingerprint density at radius 3 is 2.88 bits per heavy atom. The summed E-state index contributed by atoms with van der Waals surface area (Å²) in [5, 5.41) is 9.49. The van der Waals surface area contributed by atoms with Crippen LogP contribution in [0.5, 0.6) is 11.5 Å². The molecule has 2 aromatic carbocycles. The minimum Gasteiger partial charge on any atom is -0.493 e. The summed E-state index contributed by atoms with van der Waals surface area (Å²) in [7, 11) is 1.52. The van der Waals surface area contributed by atoms with E-state index in [1.165, 1.54) is 19.2 Å². The molecule has 128 valence electrons. The molecular formula is C20H14FN3O2. The van der Waals surface area contributed by atoms with E-state index in [-0.39, 0.29) is 12.4 Å². The van der Waals surface area contributed by atoms with Gasteiger partial charge in [0.15, 0.2) is 11.5 Å².